The predicted molar refractivity (Wildman–Crippen MR) is 74.7 cm³/mol. The van der Waals surface area contributed by atoms with Crippen molar-refractivity contribution in [3.05, 3.63) is 16.1 Å². The van der Waals surface area contributed by atoms with Crippen molar-refractivity contribution in [2.45, 2.75) is 0 Å². The summed E-state index contributed by atoms with van der Waals surface area (Å²) in [5.74, 6) is -1.91. The molecule has 0 saturated heterocycles. The molecule has 2 rings (SSSR count). The van der Waals surface area contributed by atoms with E-state index in [0.29, 0.717) is 16.1 Å². The van der Waals surface area contributed by atoms with Crippen molar-refractivity contribution in [2.24, 2.45) is 0 Å². The molecule has 0 atom stereocenters. The lowest BCUT2D eigenvalue weighted by Crippen LogP contribution is -2.35. The number of aromatic nitrogens is 2. The van der Waals surface area contributed by atoms with Gasteiger partial charge in [0.2, 0.25) is 0 Å². The van der Waals surface area contributed by atoms with Crippen molar-refractivity contribution in [1.29, 1.82) is 5.26 Å². The van der Waals surface area contributed by atoms with Crippen molar-refractivity contribution in [2.75, 3.05) is 11.9 Å². The number of carbonyl (C=O) groups is 2. The minimum absolute atomic E-state index is 0.136. The van der Waals surface area contributed by atoms with Gasteiger partial charge in [-0.05, 0) is 6.07 Å². The Bertz CT molecular complexity index is 739. The number of hydrogen-bond acceptors (Lipinski definition) is 6. The highest BCUT2D eigenvalue weighted by atomic mass is 35.5. The largest absolute Gasteiger partial charge is 0.335 e. The Morgan fingerprint density at radius 1 is 1.25 bits per heavy atom. The van der Waals surface area contributed by atoms with Crippen LogP contribution in [0.4, 0.5) is 5.69 Å². The first kappa shape index (κ1) is 14.5. The second kappa shape index (κ2) is 6.00. The topological polar surface area (TPSA) is 108 Å². The van der Waals surface area contributed by atoms with Crippen molar-refractivity contribution in [1.82, 2.24) is 14.1 Å². The number of nitrogens with one attached hydrogen (secondary N) is 2. The van der Waals surface area contributed by atoms with E-state index in [1.165, 1.54) is 6.07 Å². The van der Waals surface area contributed by atoms with Gasteiger partial charge in [0.1, 0.15) is 17.6 Å². The number of anilines is 1. The van der Waals surface area contributed by atoms with Crippen LogP contribution in [0.3, 0.4) is 0 Å². The molecule has 7 nitrogen and oxygen atoms in total. The monoisotopic (exact) mass is 329 g/mol. The van der Waals surface area contributed by atoms with E-state index < -0.39 is 11.8 Å². The molecule has 2 amide bonds. The normalized spacial score (nSPS) is 10.1. The van der Waals surface area contributed by atoms with Gasteiger partial charge in [0.05, 0.1) is 33.5 Å². The predicted octanol–water partition coefficient (Wildman–Crippen LogP) is 1.58. The van der Waals surface area contributed by atoms with E-state index >= 15 is 0 Å². The molecule has 0 aliphatic rings. The molecule has 2 aromatic rings. The Balaban J connectivity index is 2.30. The summed E-state index contributed by atoms with van der Waals surface area (Å²) in [6.45, 7) is -0.270. The van der Waals surface area contributed by atoms with E-state index in [4.69, 9.17) is 28.5 Å². The van der Waals surface area contributed by atoms with Crippen LogP contribution in [0, 0.1) is 11.3 Å². The third-order valence-corrected chi connectivity index (χ3v) is 3.33. The van der Waals surface area contributed by atoms with Crippen molar-refractivity contribution >= 4 is 63.5 Å². The third-order valence-electron chi connectivity index (χ3n) is 2.22. The summed E-state index contributed by atoms with van der Waals surface area (Å²) < 4.78 is 7.94. The van der Waals surface area contributed by atoms with Crippen LogP contribution in [0.15, 0.2) is 6.07 Å². The first-order valence-electron chi connectivity index (χ1n) is 5.11. The first-order valence-corrected chi connectivity index (χ1v) is 6.59. The van der Waals surface area contributed by atoms with E-state index in [1.807, 2.05) is 0 Å². The lowest BCUT2D eigenvalue weighted by atomic mass is 10.2. The van der Waals surface area contributed by atoms with Gasteiger partial charge < -0.3 is 10.6 Å². The van der Waals surface area contributed by atoms with Gasteiger partial charge in [0.25, 0.3) is 0 Å². The van der Waals surface area contributed by atoms with Gasteiger partial charge in [0, 0.05) is 0 Å². The van der Waals surface area contributed by atoms with Crippen LogP contribution in [0.1, 0.15) is 0 Å². The zero-order valence-electron chi connectivity index (χ0n) is 9.61. The fourth-order valence-electron chi connectivity index (χ4n) is 1.36. The highest BCUT2D eigenvalue weighted by molar-refractivity contribution is 7.00. The highest BCUT2D eigenvalue weighted by Gasteiger charge is 2.19. The molecular weight excluding hydrogens is 325 g/mol. The SMILES string of the molecule is N#CCNC(=O)C(=O)Nc1c(Cl)cc(Cl)c2nsnc12. The van der Waals surface area contributed by atoms with E-state index in [-0.39, 0.29) is 17.3 Å². The number of amides is 2. The average molecular weight is 330 g/mol. The molecule has 0 fully saturated rings. The second-order valence-corrected chi connectivity index (χ2v) is 4.81. The van der Waals surface area contributed by atoms with E-state index in [9.17, 15) is 9.59 Å². The zero-order chi connectivity index (χ0) is 14.7. The Hall–Kier alpha value is -1.95. The van der Waals surface area contributed by atoms with Gasteiger partial charge in [0.15, 0.2) is 0 Å². The van der Waals surface area contributed by atoms with Crippen LogP contribution in [-0.4, -0.2) is 27.1 Å². The smallest absolute Gasteiger partial charge is 0.313 e. The van der Waals surface area contributed by atoms with E-state index in [2.05, 4.69) is 19.4 Å². The number of hydrogen-bond donors (Lipinski definition) is 2. The van der Waals surface area contributed by atoms with Crippen LogP contribution in [0.25, 0.3) is 11.0 Å². The van der Waals surface area contributed by atoms with Gasteiger partial charge >= 0.3 is 11.8 Å². The van der Waals surface area contributed by atoms with Crippen LogP contribution in [-0.2, 0) is 9.59 Å². The minimum Gasteiger partial charge on any atom is -0.335 e. The van der Waals surface area contributed by atoms with E-state index in [0.717, 1.165) is 11.7 Å². The van der Waals surface area contributed by atoms with Crippen molar-refractivity contribution < 1.29 is 9.59 Å². The fourth-order valence-corrected chi connectivity index (χ4v) is 2.52. The molecule has 0 aliphatic carbocycles. The summed E-state index contributed by atoms with van der Waals surface area (Å²) in [7, 11) is 0. The number of halogens is 2. The maximum Gasteiger partial charge on any atom is 0.313 e. The van der Waals surface area contributed by atoms with Crippen LogP contribution in [0.2, 0.25) is 10.0 Å². The van der Waals surface area contributed by atoms with Crippen molar-refractivity contribution in [3.8, 4) is 6.07 Å². The van der Waals surface area contributed by atoms with Crippen LogP contribution >= 0.6 is 34.9 Å². The molecule has 1 heterocycles. The van der Waals surface area contributed by atoms with Crippen LogP contribution < -0.4 is 10.6 Å². The Labute approximate surface area is 126 Å². The number of fused-ring (bicyclic) bond motifs is 1. The zero-order valence-corrected chi connectivity index (χ0v) is 11.9. The first-order chi connectivity index (χ1) is 9.54. The molecule has 0 spiro atoms. The number of carbonyl (C=O) groups excluding carboxylic acids is 2. The van der Waals surface area contributed by atoms with Gasteiger partial charge in [-0.25, -0.2) is 0 Å². The minimum atomic E-state index is -0.959. The molecule has 20 heavy (non-hydrogen) atoms. The molecule has 0 unspecified atom stereocenters. The third kappa shape index (κ3) is 2.80. The van der Waals surface area contributed by atoms with E-state index in [1.54, 1.807) is 6.07 Å². The Morgan fingerprint density at radius 2 is 1.95 bits per heavy atom. The molecule has 1 aromatic carbocycles. The van der Waals surface area contributed by atoms with Gasteiger partial charge in [-0.15, -0.1) is 0 Å². The number of rotatable bonds is 2. The standard InChI is InChI=1S/C10H5Cl2N5O2S/c11-4-3-5(12)7-8(17-20-16-7)6(4)15-10(19)9(18)14-2-1-13/h3H,2H2,(H,14,18)(H,15,19). The maximum atomic E-state index is 11.7. The molecule has 0 radical (unpaired) electrons. The van der Waals surface area contributed by atoms with Gasteiger partial charge in [-0.1, -0.05) is 23.2 Å². The molecule has 0 bridgehead atoms. The summed E-state index contributed by atoms with van der Waals surface area (Å²) in [5, 5.41) is 13.2. The number of nitrogens with zero attached hydrogens (tertiary/aromatic N) is 3. The summed E-state index contributed by atoms with van der Waals surface area (Å²) in [5.41, 5.74) is 0.833. The summed E-state index contributed by atoms with van der Waals surface area (Å²) in [6.07, 6.45) is 0. The summed E-state index contributed by atoms with van der Waals surface area (Å²) in [6, 6.07) is 3.08. The molecule has 0 aliphatic heterocycles. The maximum absolute atomic E-state index is 11.7. The average Bonchev–Trinajstić information content (AvgIpc) is 2.90. The van der Waals surface area contributed by atoms with Crippen molar-refractivity contribution in [3.63, 3.8) is 0 Å². The molecule has 1 aromatic heterocycles. The van der Waals surface area contributed by atoms with Gasteiger partial charge in [-0.2, -0.15) is 14.0 Å². The fraction of sp³-hybridized carbons (Fsp3) is 0.100. The Morgan fingerprint density at radius 3 is 2.65 bits per heavy atom. The molecule has 0 saturated carbocycles. The lowest BCUT2D eigenvalue weighted by molar-refractivity contribution is -0.136. The molecule has 102 valence electrons. The number of benzene rings is 1. The Kier molecular flexibility index (Phi) is 4.34. The lowest BCUT2D eigenvalue weighted by Gasteiger charge is -2.07. The quantitative estimate of drug-likeness (QED) is 0.642. The van der Waals surface area contributed by atoms with Gasteiger partial charge in [-0.3, -0.25) is 9.59 Å². The van der Waals surface area contributed by atoms with Crippen LogP contribution in [0.5, 0.6) is 0 Å². The molecular formula is C10H5Cl2N5O2S. The summed E-state index contributed by atoms with van der Waals surface area (Å²) >= 11 is 12.8. The molecule has 2 N–H and O–H groups in total. The molecule has 10 heteroatoms. The summed E-state index contributed by atoms with van der Waals surface area (Å²) in [4.78, 5) is 23.0. The highest BCUT2D eigenvalue weighted by Crippen LogP contribution is 2.35. The number of nitriles is 1. The second-order valence-electron chi connectivity index (χ2n) is 3.47.